The molecule has 0 atom stereocenters. The normalized spacial score (nSPS) is 27.9. The lowest BCUT2D eigenvalue weighted by molar-refractivity contribution is -0.141. The van der Waals surface area contributed by atoms with Crippen LogP contribution in [-0.2, 0) is 14.3 Å². The molecule has 0 bridgehead atoms. The van der Waals surface area contributed by atoms with Gasteiger partial charge in [0, 0.05) is 32.5 Å². The van der Waals surface area contributed by atoms with Crippen molar-refractivity contribution in [3.05, 3.63) is 0 Å². The summed E-state index contributed by atoms with van der Waals surface area (Å²) < 4.78 is 5.27. The molecule has 1 heterocycles. The van der Waals surface area contributed by atoms with E-state index in [0.29, 0.717) is 25.0 Å². The highest BCUT2D eigenvalue weighted by atomic mass is 16.5. The smallest absolute Gasteiger partial charge is 0.225 e. The molecule has 0 aromatic rings. The van der Waals surface area contributed by atoms with Crippen LogP contribution < -0.4 is 5.32 Å². The molecule has 0 aromatic carbocycles. The van der Waals surface area contributed by atoms with Crippen LogP contribution in [0.4, 0.5) is 0 Å². The minimum atomic E-state index is 0.0338. The van der Waals surface area contributed by atoms with Crippen molar-refractivity contribution in [2.75, 3.05) is 32.8 Å². The molecule has 0 spiro atoms. The fourth-order valence-electron chi connectivity index (χ4n) is 2.94. The number of nitrogens with zero attached hydrogens (tertiary/aromatic N) is 1. The summed E-state index contributed by atoms with van der Waals surface area (Å²) in [5, 5.41) is 2.87. The van der Waals surface area contributed by atoms with Gasteiger partial charge in [-0.15, -0.1) is 0 Å². The summed E-state index contributed by atoms with van der Waals surface area (Å²) in [5.74, 6) is 1.07. The van der Waals surface area contributed by atoms with Gasteiger partial charge in [-0.25, -0.2) is 0 Å². The van der Waals surface area contributed by atoms with E-state index >= 15 is 0 Å². The van der Waals surface area contributed by atoms with Gasteiger partial charge in [0.25, 0.3) is 0 Å². The van der Waals surface area contributed by atoms with Crippen molar-refractivity contribution < 1.29 is 14.3 Å². The Bertz CT molecular complexity index is 319. The lowest BCUT2D eigenvalue weighted by atomic mass is 9.81. The standard InChI is InChI=1S/C14H24N2O3/c1-11(17)15-10-12-2-4-13(5-3-12)14(18)16-6-8-19-9-7-16/h12-13H,2-10H2,1H3,(H,15,17). The zero-order chi connectivity index (χ0) is 13.7. The second-order valence-corrected chi connectivity index (χ2v) is 5.59. The SMILES string of the molecule is CC(=O)NCC1CCC(C(=O)N2CCOCC2)CC1. The minimum Gasteiger partial charge on any atom is -0.378 e. The molecule has 5 heteroatoms. The van der Waals surface area contributed by atoms with Crippen LogP contribution >= 0.6 is 0 Å². The number of amides is 2. The quantitative estimate of drug-likeness (QED) is 0.823. The average Bonchev–Trinajstić information content (AvgIpc) is 2.46. The van der Waals surface area contributed by atoms with Gasteiger partial charge in [0.15, 0.2) is 0 Å². The number of carbonyl (C=O) groups excluding carboxylic acids is 2. The molecule has 1 saturated carbocycles. The molecule has 1 saturated heterocycles. The van der Waals surface area contributed by atoms with Crippen LogP contribution in [0.2, 0.25) is 0 Å². The van der Waals surface area contributed by atoms with Crippen molar-refractivity contribution >= 4 is 11.8 Å². The lowest BCUT2D eigenvalue weighted by Crippen LogP contribution is -2.44. The molecule has 5 nitrogen and oxygen atoms in total. The second-order valence-electron chi connectivity index (χ2n) is 5.59. The average molecular weight is 268 g/mol. The highest BCUT2D eigenvalue weighted by Crippen LogP contribution is 2.29. The Morgan fingerprint density at radius 3 is 2.37 bits per heavy atom. The molecular formula is C14H24N2O3. The summed E-state index contributed by atoms with van der Waals surface area (Å²) in [6.07, 6.45) is 4.00. The maximum Gasteiger partial charge on any atom is 0.225 e. The molecule has 2 aliphatic rings. The molecular weight excluding hydrogens is 244 g/mol. The van der Waals surface area contributed by atoms with Gasteiger partial charge in [-0.3, -0.25) is 9.59 Å². The van der Waals surface area contributed by atoms with Gasteiger partial charge in [-0.1, -0.05) is 0 Å². The van der Waals surface area contributed by atoms with Crippen molar-refractivity contribution in [1.82, 2.24) is 10.2 Å². The van der Waals surface area contributed by atoms with Crippen LogP contribution in [0.3, 0.4) is 0 Å². The Labute approximate surface area is 114 Å². The molecule has 108 valence electrons. The third kappa shape index (κ3) is 4.20. The number of ether oxygens (including phenoxy) is 1. The van der Waals surface area contributed by atoms with E-state index in [1.54, 1.807) is 6.92 Å². The molecule has 2 rings (SSSR count). The van der Waals surface area contributed by atoms with Crippen LogP contribution in [0.5, 0.6) is 0 Å². The molecule has 19 heavy (non-hydrogen) atoms. The van der Waals surface area contributed by atoms with Crippen LogP contribution in [0.1, 0.15) is 32.6 Å². The zero-order valence-electron chi connectivity index (χ0n) is 11.7. The Morgan fingerprint density at radius 1 is 1.16 bits per heavy atom. The van der Waals surface area contributed by atoms with Crippen molar-refractivity contribution in [3.8, 4) is 0 Å². The van der Waals surface area contributed by atoms with E-state index in [9.17, 15) is 9.59 Å². The van der Waals surface area contributed by atoms with Crippen molar-refractivity contribution in [2.45, 2.75) is 32.6 Å². The van der Waals surface area contributed by atoms with Crippen LogP contribution in [0, 0.1) is 11.8 Å². The predicted octanol–water partition coefficient (Wildman–Crippen LogP) is 0.788. The topological polar surface area (TPSA) is 58.6 Å². The van der Waals surface area contributed by atoms with Crippen molar-refractivity contribution in [1.29, 1.82) is 0 Å². The maximum atomic E-state index is 12.3. The molecule has 0 radical (unpaired) electrons. The first kappa shape index (κ1) is 14.3. The third-order valence-electron chi connectivity index (χ3n) is 4.16. The summed E-state index contributed by atoms with van der Waals surface area (Å²) in [5.41, 5.74) is 0. The number of carbonyl (C=O) groups is 2. The number of morpholine rings is 1. The molecule has 1 aliphatic carbocycles. The molecule has 1 N–H and O–H groups in total. The van der Waals surface area contributed by atoms with Gasteiger partial charge >= 0.3 is 0 Å². The van der Waals surface area contributed by atoms with E-state index in [0.717, 1.165) is 45.3 Å². The van der Waals surface area contributed by atoms with Crippen molar-refractivity contribution in [3.63, 3.8) is 0 Å². The molecule has 2 amide bonds. The number of hydrogen-bond donors (Lipinski definition) is 1. The monoisotopic (exact) mass is 268 g/mol. The molecule has 0 aromatic heterocycles. The van der Waals surface area contributed by atoms with Crippen molar-refractivity contribution in [2.24, 2.45) is 11.8 Å². The van der Waals surface area contributed by atoms with E-state index in [2.05, 4.69) is 5.32 Å². The van der Waals surface area contributed by atoms with Crippen LogP contribution in [0.25, 0.3) is 0 Å². The second kappa shape index (κ2) is 6.89. The van der Waals surface area contributed by atoms with Crippen LogP contribution in [0.15, 0.2) is 0 Å². The molecule has 0 unspecified atom stereocenters. The third-order valence-corrected chi connectivity index (χ3v) is 4.16. The fraction of sp³-hybridized carbons (Fsp3) is 0.857. The first-order chi connectivity index (χ1) is 9.16. The van der Waals surface area contributed by atoms with Gasteiger partial charge < -0.3 is 15.0 Å². The summed E-state index contributed by atoms with van der Waals surface area (Å²) >= 11 is 0. The minimum absolute atomic E-state index is 0.0338. The van der Waals surface area contributed by atoms with Crippen LogP contribution in [-0.4, -0.2) is 49.6 Å². The molecule has 2 fully saturated rings. The van der Waals surface area contributed by atoms with E-state index in [4.69, 9.17) is 4.74 Å². The van der Waals surface area contributed by atoms with E-state index in [1.165, 1.54) is 0 Å². The summed E-state index contributed by atoms with van der Waals surface area (Å²) in [7, 11) is 0. The first-order valence-corrected chi connectivity index (χ1v) is 7.28. The summed E-state index contributed by atoms with van der Waals surface area (Å²) in [4.78, 5) is 25.2. The van der Waals surface area contributed by atoms with Gasteiger partial charge in [0.1, 0.15) is 0 Å². The predicted molar refractivity (Wildman–Crippen MR) is 71.5 cm³/mol. The van der Waals surface area contributed by atoms with E-state index < -0.39 is 0 Å². The zero-order valence-corrected chi connectivity index (χ0v) is 11.7. The number of hydrogen-bond acceptors (Lipinski definition) is 3. The number of nitrogens with one attached hydrogen (secondary N) is 1. The first-order valence-electron chi connectivity index (χ1n) is 7.28. The molecule has 1 aliphatic heterocycles. The lowest BCUT2D eigenvalue weighted by Gasteiger charge is -2.34. The van der Waals surface area contributed by atoms with Gasteiger partial charge in [0.05, 0.1) is 13.2 Å². The Kier molecular flexibility index (Phi) is 5.19. The van der Waals surface area contributed by atoms with E-state index in [-0.39, 0.29) is 11.8 Å². The summed E-state index contributed by atoms with van der Waals surface area (Å²) in [6, 6.07) is 0. The van der Waals surface area contributed by atoms with Gasteiger partial charge in [0.2, 0.25) is 11.8 Å². The Morgan fingerprint density at radius 2 is 1.79 bits per heavy atom. The van der Waals surface area contributed by atoms with E-state index in [1.807, 2.05) is 4.90 Å². The summed E-state index contributed by atoms with van der Waals surface area (Å²) in [6.45, 7) is 5.13. The highest BCUT2D eigenvalue weighted by molar-refractivity contribution is 5.79. The largest absolute Gasteiger partial charge is 0.378 e. The van der Waals surface area contributed by atoms with Gasteiger partial charge in [-0.2, -0.15) is 0 Å². The fourth-order valence-corrected chi connectivity index (χ4v) is 2.94. The van der Waals surface area contributed by atoms with Gasteiger partial charge in [-0.05, 0) is 31.6 Å². The highest BCUT2D eigenvalue weighted by Gasteiger charge is 2.30. The maximum absolute atomic E-state index is 12.3. The Hall–Kier alpha value is -1.10. The number of rotatable bonds is 3. The Balaban J connectivity index is 1.72.